The van der Waals surface area contributed by atoms with Crippen LogP contribution < -0.4 is 4.52 Å². The molecule has 0 saturated carbocycles. The minimum Gasteiger partial charge on any atom is -0.403 e. The van der Waals surface area contributed by atoms with Gasteiger partial charge in [-0.3, -0.25) is 9.42 Å². The Labute approximate surface area is 287 Å². The van der Waals surface area contributed by atoms with E-state index in [4.69, 9.17) is 78.7 Å². The monoisotopic (exact) mass is 730 g/mol. The number of aryl methyl sites for hydroxylation is 1. The molecule has 4 atom stereocenters. The second kappa shape index (κ2) is 11.7. The van der Waals surface area contributed by atoms with Crippen molar-refractivity contribution in [2.24, 2.45) is 0 Å². The SMILES string of the molecule is CC12OP(=O)(O)Oc3c(-c4c(Cl)cc(Cl)cc4Cl)cc4c(c3[C@@H]1C1=C(CCCC1)CC2c1c(Cl)cc(Cl)cc1Cl)CCCC4. The van der Waals surface area contributed by atoms with E-state index in [1.807, 2.05) is 13.0 Å². The van der Waals surface area contributed by atoms with Gasteiger partial charge in [-0.15, -0.1) is 0 Å². The molecule has 0 radical (unpaired) electrons. The van der Waals surface area contributed by atoms with Gasteiger partial charge in [-0.2, -0.15) is 0 Å². The van der Waals surface area contributed by atoms with Gasteiger partial charge in [0.2, 0.25) is 0 Å². The molecule has 1 aliphatic heterocycles. The molecular weight excluding hydrogens is 704 g/mol. The van der Waals surface area contributed by atoms with Crippen LogP contribution in [-0.4, -0.2) is 10.5 Å². The first kappa shape index (κ1) is 31.7. The second-order valence-electron chi connectivity index (χ2n) is 12.4. The maximum absolute atomic E-state index is 14.1. The average Bonchev–Trinajstić information content (AvgIpc) is 3.03. The molecule has 0 spiro atoms. The van der Waals surface area contributed by atoms with Gasteiger partial charge in [-0.25, -0.2) is 4.57 Å². The molecule has 0 amide bonds. The van der Waals surface area contributed by atoms with Crippen molar-refractivity contribution in [3.63, 3.8) is 0 Å². The Balaban J connectivity index is 1.59. The molecule has 1 N–H and O–H groups in total. The van der Waals surface area contributed by atoms with Crippen LogP contribution in [-0.2, 0) is 21.9 Å². The number of rotatable bonds is 2. The molecule has 44 heavy (non-hydrogen) atoms. The molecule has 11 heteroatoms. The maximum Gasteiger partial charge on any atom is 0.528 e. The number of hydrogen-bond donors (Lipinski definition) is 1. The van der Waals surface area contributed by atoms with Crippen LogP contribution in [0.2, 0.25) is 30.1 Å². The lowest BCUT2D eigenvalue weighted by Crippen LogP contribution is -2.46. The van der Waals surface area contributed by atoms with Crippen LogP contribution in [0.15, 0.2) is 41.5 Å². The summed E-state index contributed by atoms with van der Waals surface area (Å²) in [5.74, 6) is -0.584. The Bertz CT molecular complexity index is 1760. The zero-order valence-electron chi connectivity index (χ0n) is 23.8. The molecule has 3 unspecified atom stereocenters. The summed E-state index contributed by atoms with van der Waals surface area (Å²) >= 11 is 40.0. The van der Waals surface area contributed by atoms with Crippen molar-refractivity contribution in [2.45, 2.75) is 82.1 Å². The molecule has 0 aromatic heterocycles. The summed E-state index contributed by atoms with van der Waals surface area (Å²) in [7, 11) is -4.73. The van der Waals surface area contributed by atoms with Crippen molar-refractivity contribution in [3.05, 3.63) is 93.9 Å². The summed E-state index contributed by atoms with van der Waals surface area (Å²) in [5, 5.41) is 2.24. The molecule has 4 nitrogen and oxygen atoms in total. The molecular formula is C33H29Cl6O4P. The van der Waals surface area contributed by atoms with Gasteiger partial charge in [0.05, 0.1) is 15.6 Å². The van der Waals surface area contributed by atoms with Crippen molar-refractivity contribution < 1.29 is 18.5 Å². The third-order valence-electron chi connectivity index (χ3n) is 9.81. The molecule has 0 fully saturated rings. The highest BCUT2D eigenvalue weighted by molar-refractivity contribution is 7.48. The summed E-state index contributed by atoms with van der Waals surface area (Å²) in [5.41, 5.74) is 6.16. The summed E-state index contributed by atoms with van der Waals surface area (Å²) < 4.78 is 26.7. The number of benzene rings is 3. The Morgan fingerprint density at radius 2 is 1.39 bits per heavy atom. The van der Waals surface area contributed by atoms with Crippen molar-refractivity contribution in [2.75, 3.05) is 0 Å². The fraction of sp³-hybridized carbons (Fsp3) is 0.394. The Morgan fingerprint density at radius 1 is 0.795 bits per heavy atom. The molecule has 0 bridgehead atoms. The van der Waals surface area contributed by atoms with E-state index in [-0.39, 0.29) is 5.75 Å². The number of halogens is 6. The Morgan fingerprint density at radius 3 is 2.07 bits per heavy atom. The van der Waals surface area contributed by atoms with Gasteiger partial charge in [0, 0.05) is 48.6 Å². The minimum absolute atomic E-state index is 0.280. The summed E-state index contributed by atoms with van der Waals surface area (Å²) in [6.45, 7) is 1.91. The summed E-state index contributed by atoms with van der Waals surface area (Å²) in [6.07, 6.45) is 8.12. The zero-order chi connectivity index (χ0) is 31.1. The molecule has 7 rings (SSSR count). The molecule has 3 aromatic rings. The van der Waals surface area contributed by atoms with E-state index in [1.165, 1.54) is 11.1 Å². The first-order valence-electron chi connectivity index (χ1n) is 14.8. The molecule has 3 aromatic carbocycles. The number of phosphoric acid groups is 1. The molecule has 232 valence electrons. The van der Waals surface area contributed by atoms with Gasteiger partial charge in [0.1, 0.15) is 5.75 Å². The third-order valence-corrected chi connectivity index (χ3v) is 12.5. The van der Waals surface area contributed by atoms with E-state index < -0.39 is 25.3 Å². The highest BCUT2D eigenvalue weighted by Crippen LogP contribution is 2.68. The lowest BCUT2D eigenvalue weighted by atomic mass is 9.58. The smallest absolute Gasteiger partial charge is 0.403 e. The van der Waals surface area contributed by atoms with Crippen LogP contribution in [0.4, 0.5) is 0 Å². The van der Waals surface area contributed by atoms with Crippen LogP contribution >= 0.6 is 77.4 Å². The van der Waals surface area contributed by atoms with Crippen molar-refractivity contribution >= 4 is 77.4 Å². The van der Waals surface area contributed by atoms with E-state index in [9.17, 15) is 9.46 Å². The van der Waals surface area contributed by atoms with Gasteiger partial charge in [0.15, 0.2) is 0 Å². The predicted molar refractivity (Wildman–Crippen MR) is 181 cm³/mol. The van der Waals surface area contributed by atoms with Crippen LogP contribution in [0.5, 0.6) is 5.75 Å². The first-order valence-corrected chi connectivity index (χ1v) is 18.6. The largest absolute Gasteiger partial charge is 0.528 e. The normalized spacial score (nSPS) is 27.9. The molecule has 3 aliphatic carbocycles. The van der Waals surface area contributed by atoms with Crippen molar-refractivity contribution in [1.29, 1.82) is 0 Å². The van der Waals surface area contributed by atoms with Crippen molar-refractivity contribution in [1.82, 2.24) is 0 Å². The molecule has 1 heterocycles. The van der Waals surface area contributed by atoms with Crippen LogP contribution in [0.25, 0.3) is 11.1 Å². The maximum atomic E-state index is 14.1. The molecule has 4 aliphatic rings. The number of phosphoric ester groups is 1. The number of fused-ring (bicyclic) bond motifs is 6. The third kappa shape index (κ3) is 5.26. The van der Waals surface area contributed by atoms with Gasteiger partial charge in [-0.05, 0) is 112 Å². The topological polar surface area (TPSA) is 55.8 Å². The summed E-state index contributed by atoms with van der Waals surface area (Å²) in [6, 6.07) is 8.58. The van der Waals surface area contributed by atoms with Gasteiger partial charge in [-0.1, -0.05) is 80.8 Å². The highest BCUT2D eigenvalue weighted by atomic mass is 35.5. The fourth-order valence-corrected chi connectivity index (χ4v) is 11.4. The molecule has 0 saturated heterocycles. The predicted octanol–water partition coefficient (Wildman–Crippen LogP) is 12.6. The minimum atomic E-state index is -4.73. The van der Waals surface area contributed by atoms with E-state index >= 15 is 0 Å². The Kier molecular flexibility index (Phi) is 8.39. The van der Waals surface area contributed by atoms with E-state index in [0.717, 1.165) is 68.1 Å². The zero-order valence-corrected chi connectivity index (χ0v) is 29.2. The lowest BCUT2D eigenvalue weighted by Gasteiger charge is -2.50. The summed E-state index contributed by atoms with van der Waals surface area (Å²) in [4.78, 5) is 11.5. The van der Waals surface area contributed by atoms with E-state index in [1.54, 1.807) is 24.3 Å². The lowest BCUT2D eigenvalue weighted by molar-refractivity contribution is 0.0113. The van der Waals surface area contributed by atoms with Gasteiger partial charge >= 0.3 is 7.82 Å². The van der Waals surface area contributed by atoms with Crippen LogP contribution in [0, 0.1) is 0 Å². The van der Waals surface area contributed by atoms with Crippen molar-refractivity contribution in [3.8, 4) is 16.9 Å². The standard InChI is InChI=1S/C33H29Cl6O4P/c1-33-23(30-26(38)14-19(35)15-27(30)39)11-17-7-3-5-9-21(17)31(33)29-20-8-4-2-6-16(20)10-22(32(29)42-44(40,41)43-33)28-24(36)12-18(34)13-25(28)37/h10,12-15,23,31H,2-9,11H2,1H3,(H,40,41)/t23?,31-,33?/m0/s1. The van der Waals surface area contributed by atoms with E-state index in [0.29, 0.717) is 53.2 Å². The van der Waals surface area contributed by atoms with Gasteiger partial charge in [0.25, 0.3) is 0 Å². The fourth-order valence-electron chi connectivity index (χ4n) is 8.11. The van der Waals surface area contributed by atoms with Crippen LogP contribution in [0.3, 0.4) is 0 Å². The van der Waals surface area contributed by atoms with Gasteiger partial charge < -0.3 is 4.52 Å². The average molecular weight is 733 g/mol. The Hall–Kier alpha value is -0.910. The highest BCUT2D eigenvalue weighted by Gasteiger charge is 2.58. The number of hydrogen-bond acceptors (Lipinski definition) is 3. The number of allylic oxidation sites excluding steroid dienone is 1. The quantitative estimate of drug-likeness (QED) is 0.210. The first-order chi connectivity index (χ1) is 20.9. The second-order valence-corrected chi connectivity index (χ2v) is 16.2. The van der Waals surface area contributed by atoms with Crippen LogP contribution in [0.1, 0.15) is 86.0 Å². The van der Waals surface area contributed by atoms with E-state index in [2.05, 4.69) is 0 Å².